The number of amides is 1. The molecule has 146 valence electrons. The summed E-state index contributed by atoms with van der Waals surface area (Å²) >= 11 is 0. The lowest BCUT2D eigenvalue weighted by Gasteiger charge is -2.33. The molecule has 5 rings (SSSR count). The van der Waals surface area contributed by atoms with Crippen LogP contribution in [0, 0.1) is 11.2 Å². The fourth-order valence-electron chi connectivity index (χ4n) is 3.96. The van der Waals surface area contributed by atoms with E-state index in [1.54, 1.807) is 19.1 Å². The number of carbonyl (C=O) groups excluding carboxylic acids is 1. The highest BCUT2D eigenvalue weighted by Gasteiger charge is 2.45. The van der Waals surface area contributed by atoms with Crippen LogP contribution in [0.25, 0.3) is 22.5 Å². The number of hydrogen-bond donors (Lipinski definition) is 2. The Hall–Kier alpha value is -2.97. The molecule has 2 aliphatic rings. The molecule has 2 aromatic heterocycles. The fourth-order valence-corrected chi connectivity index (χ4v) is 3.96. The van der Waals surface area contributed by atoms with Crippen LogP contribution >= 0.6 is 0 Å². The number of fused-ring (bicyclic) bond motifs is 1. The molecule has 1 aliphatic heterocycles. The quantitative estimate of drug-likeness (QED) is 0.717. The van der Waals surface area contributed by atoms with E-state index < -0.39 is 11.9 Å². The Morgan fingerprint density at radius 3 is 2.82 bits per heavy atom. The molecule has 1 aliphatic carbocycles. The first kappa shape index (κ1) is 17.2. The fraction of sp³-hybridized carbons (Fsp3) is 0.474. The van der Waals surface area contributed by atoms with Crippen molar-refractivity contribution < 1.29 is 13.6 Å². The smallest absolute Gasteiger partial charge is 0.316 e. The number of nitrogens with zero attached hydrogens (tertiary/aromatic N) is 4. The Labute approximate surface area is 160 Å². The zero-order valence-corrected chi connectivity index (χ0v) is 15.5. The van der Waals surface area contributed by atoms with Crippen LogP contribution in [0.3, 0.4) is 0 Å². The van der Waals surface area contributed by atoms with Gasteiger partial charge in [0, 0.05) is 13.1 Å². The standard InChI is InChI=1S/C19H21FN6O2/c1-11(17(27)26-9-7-19(5-6-19)8-10-26)21-18-25-24-16(28-18)15-14-12(20)3-2-4-13(14)22-23-15/h2-4,11H,5-10H2,1H3,(H,21,25)(H,22,23)/t11-/m0/s1. The molecule has 1 aromatic carbocycles. The van der Waals surface area contributed by atoms with Crippen LogP contribution in [0.15, 0.2) is 22.6 Å². The second-order valence-corrected chi connectivity index (χ2v) is 7.84. The summed E-state index contributed by atoms with van der Waals surface area (Å²) in [6.07, 6.45) is 4.79. The predicted octanol–water partition coefficient (Wildman–Crippen LogP) is 2.96. The van der Waals surface area contributed by atoms with Gasteiger partial charge in [-0.05, 0) is 50.2 Å². The molecule has 2 N–H and O–H groups in total. The molecule has 0 bridgehead atoms. The van der Waals surface area contributed by atoms with Crippen molar-refractivity contribution in [2.75, 3.05) is 18.4 Å². The Bertz CT molecular complexity index is 1030. The Morgan fingerprint density at radius 2 is 2.07 bits per heavy atom. The SMILES string of the molecule is C[C@H](Nc1nnc(-c2n[nH]c3cccc(F)c23)o1)C(=O)N1CCC2(CC1)CC2. The average molecular weight is 384 g/mol. The lowest BCUT2D eigenvalue weighted by molar-refractivity contribution is -0.133. The summed E-state index contributed by atoms with van der Waals surface area (Å²) in [6, 6.07) is 4.28. The van der Waals surface area contributed by atoms with Gasteiger partial charge < -0.3 is 14.6 Å². The molecule has 0 radical (unpaired) electrons. The molecule has 3 aromatic rings. The molecule has 1 saturated heterocycles. The Morgan fingerprint density at radius 1 is 1.29 bits per heavy atom. The summed E-state index contributed by atoms with van der Waals surface area (Å²) in [5.41, 5.74) is 1.32. The third-order valence-corrected chi connectivity index (χ3v) is 5.97. The molecule has 2 fully saturated rings. The van der Waals surface area contributed by atoms with E-state index in [-0.39, 0.29) is 23.5 Å². The normalized spacial score (nSPS) is 19.1. The molecular formula is C19H21FN6O2. The van der Waals surface area contributed by atoms with E-state index in [1.165, 1.54) is 18.9 Å². The minimum atomic E-state index is -0.491. The van der Waals surface area contributed by atoms with Crippen LogP contribution < -0.4 is 5.32 Å². The second kappa shape index (κ2) is 6.29. The summed E-state index contributed by atoms with van der Waals surface area (Å²) in [5, 5.41) is 18.0. The number of aromatic nitrogens is 4. The van der Waals surface area contributed by atoms with Crippen molar-refractivity contribution in [2.45, 2.75) is 38.6 Å². The van der Waals surface area contributed by atoms with Crippen LogP contribution in [0.5, 0.6) is 0 Å². The minimum Gasteiger partial charge on any atom is -0.402 e. The van der Waals surface area contributed by atoms with Crippen LogP contribution in [0.2, 0.25) is 0 Å². The summed E-state index contributed by atoms with van der Waals surface area (Å²) in [7, 11) is 0. The van der Waals surface area contributed by atoms with Crippen LogP contribution in [0.1, 0.15) is 32.6 Å². The highest BCUT2D eigenvalue weighted by atomic mass is 19.1. The zero-order chi connectivity index (χ0) is 19.3. The molecular weight excluding hydrogens is 363 g/mol. The third kappa shape index (κ3) is 2.90. The topological polar surface area (TPSA) is 99.9 Å². The van der Waals surface area contributed by atoms with Gasteiger partial charge in [0.15, 0.2) is 5.69 Å². The summed E-state index contributed by atoms with van der Waals surface area (Å²) in [6.45, 7) is 3.38. The number of nitrogens with one attached hydrogen (secondary N) is 2. The maximum Gasteiger partial charge on any atom is 0.316 e. The number of rotatable bonds is 4. The van der Waals surface area contributed by atoms with Gasteiger partial charge in [0.1, 0.15) is 11.9 Å². The van der Waals surface area contributed by atoms with Crippen molar-refractivity contribution in [1.29, 1.82) is 0 Å². The number of benzene rings is 1. The van der Waals surface area contributed by atoms with Crippen molar-refractivity contribution >= 4 is 22.8 Å². The largest absolute Gasteiger partial charge is 0.402 e. The lowest BCUT2D eigenvalue weighted by Crippen LogP contribution is -2.45. The number of aromatic amines is 1. The van der Waals surface area contributed by atoms with E-state index in [9.17, 15) is 9.18 Å². The molecule has 1 spiro atoms. The van der Waals surface area contributed by atoms with E-state index in [2.05, 4.69) is 25.7 Å². The van der Waals surface area contributed by atoms with Gasteiger partial charge in [0.2, 0.25) is 5.91 Å². The van der Waals surface area contributed by atoms with Gasteiger partial charge in [-0.1, -0.05) is 11.2 Å². The van der Waals surface area contributed by atoms with Crippen LogP contribution in [-0.4, -0.2) is 50.3 Å². The van der Waals surface area contributed by atoms with Crippen molar-refractivity contribution in [3.8, 4) is 11.6 Å². The van der Waals surface area contributed by atoms with Crippen molar-refractivity contribution in [3.05, 3.63) is 24.0 Å². The van der Waals surface area contributed by atoms with E-state index in [1.807, 2.05) is 4.90 Å². The Kier molecular flexibility index (Phi) is 3.85. The number of piperidine rings is 1. The predicted molar refractivity (Wildman–Crippen MR) is 99.9 cm³/mol. The summed E-state index contributed by atoms with van der Waals surface area (Å²) in [5.74, 6) is -0.310. The van der Waals surface area contributed by atoms with E-state index in [4.69, 9.17) is 4.42 Å². The van der Waals surface area contributed by atoms with Gasteiger partial charge in [0.25, 0.3) is 5.89 Å². The number of likely N-dealkylation sites (tertiary alicyclic amines) is 1. The molecule has 0 unspecified atom stereocenters. The van der Waals surface area contributed by atoms with Crippen LogP contribution in [-0.2, 0) is 4.79 Å². The lowest BCUT2D eigenvalue weighted by atomic mass is 9.93. The second-order valence-electron chi connectivity index (χ2n) is 7.84. The summed E-state index contributed by atoms with van der Waals surface area (Å²) in [4.78, 5) is 14.6. The zero-order valence-electron chi connectivity index (χ0n) is 15.5. The van der Waals surface area contributed by atoms with Gasteiger partial charge in [-0.25, -0.2) is 4.39 Å². The molecule has 8 nitrogen and oxygen atoms in total. The molecule has 9 heteroatoms. The number of halogens is 1. The van der Waals surface area contributed by atoms with Gasteiger partial charge in [-0.15, -0.1) is 5.10 Å². The monoisotopic (exact) mass is 384 g/mol. The molecule has 1 saturated carbocycles. The first-order valence-electron chi connectivity index (χ1n) is 9.56. The van der Waals surface area contributed by atoms with Gasteiger partial charge in [-0.3, -0.25) is 9.89 Å². The Balaban J connectivity index is 1.29. The van der Waals surface area contributed by atoms with Gasteiger partial charge >= 0.3 is 6.01 Å². The average Bonchev–Trinajstić information content (AvgIpc) is 3.10. The maximum absolute atomic E-state index is 14.1. The highest BCUT2D eigenvalue weighted by Crippen LogP contribution is 2.53. The van der Waals surface area contributed by atoms with Gasteiger partial charge in [0.05, 0.1) is 10.9 Å². The van der Waals surface area contributed by atoms with Gasteiger partial charge in [-0.2, -0.15) is 5.10 Å². The first-order chi connectivity index (χ1) is 13.5. The summed E-state index contributed by atoms with van der Waals surface area (Å²) < 4.78 is 19.7. The molecule has 1 amide bonds. The maximum atomic E-state index is 14.1. The van der Waals surface area contributed by atoms with Crippen molar-refractivity contribution in [3.63, 3.8) is 0 Å². The minimum absolute atomic E-state index is 0.0199. The van der Waals surface area contributed by atoms with Crippen molar-refractivity contribution in [2.24, 2.45) is 5.41 Å². The number of H-pyrrole nitrogens is 1. The number of anilines is 1. The molecule has 28 heavy (non-hydrogen) atoms. The number of hydrogen-bond acceptors (Lipinski definition) is 6. The highest BCUT2D eigenvalue weighted by molar-refractivity contribution is 5.91. The first-order valence-corrected chi connectivity index (χ1v) is 9.56. The molecule has 1 atom stereocenters. The van der Waals surface area contributed by atoms with Crippen LogP contribution in [0.4, 0.5) is 10.4 Å². The van der Waals surface area contributed by atoms with E-state index >= 15 is 0 Å². The molecule has 3 heterocycles. The third-order valence-electron chi connectivity index (χ3n) is 5.97. The number of carbonyl (C=O) groups is 1. The van der Waals surface area contributed by atoms with E-state index in [0.717, 1.165) is 25.9 Å². The van der Waals surface area contributed by atoms with Crippen molar-refractivity contribution in [1.82, 2.24) is 25.3 Å². The van der Waals surface area contributed by atoms with E-state index in [0.29, 0.717) is 16.3 Å².